The first-order valence-corrected chi connectivity index (χ1v) is 8.78. The van der Waals surface area contributed by atoms with Crippen molar-refractivity contribution in [1.82, 2.24) is 0 Å². The maximum Gasteiger partial charge on any atom is 0.266 e. The third-order valence-corrected chi connectivity index (χ3v) is 4.20. The highest BCUT2D eigenvalue weighted by Gasteiger charge is 2.13. The van der Waals surface area contributed by atoms with Gasteiger partial charge in [-0.1, -0.05) is 0 Å². The summed E-state index contributed by atoms with van der Waals surface area (Å²) in [4.78, 5) is 12.3. The van der Waals surface area contributed by atoms with Gasteiger partial charge in [-0.05, 0) is 77.6 Å². The zero-order valence-corrected chi connectivity index (χ0v) is 16.4. The lowest BCUT2D eigenvalue weighted by atomic mass is 10.1. The molecule has 26 heavy (non-hydrogen) atoms. The fraction of sp³-hybridized carbons (Fsp3) is 0.158. The molecule has 0 aliphatic rings. The molecule has 0 saturated carbocycles. The van der Waals surface area contributed by atoms with Crippen LogP contribution in [0.4, 0.5) is 5.69 Å². The summed E-state index contributed by atoms with van der Waals surface area (Å²) >= 11 is 1.96. The van der Waals surface area contributed by atoms with Crippen molar-refractivity contribution in [3.8, 4) is 23.3 Å². The number of nitrogens with one attached hydrogen (secondary N) is 1. The van der Waals surface area contributed by atoms with Gasteiger partial charge in [0.2, 0.25) is 0 Å². The van der Waals surface area contributed by atoms with E-state index in [0.717, 1.165) is 0 Å². The molecule has 0 heterocycles. The summed E-state index contributed by atoms with van der Waals surface area (Å²) in [7, 11) is 1.56. The molecule has 0 saturated heterocycles. The van der Waals surface area contributed by atoms with Crippen LogP contribution in [-0.2, 0) is 4.79 Å². The minimum atomic E-state index is -0.529. The van der Waals surface area contributed by atoms with E-state index in [4.69, 9.17) is 9.47 Å². The zero-order chi connectivity index (χ0) is 19.1. The molecule has 2 rings (SSSR count). The van der Waals surface area contributed by atoms with E-state index >= 15 is 0 Å². The summed E-state index contributed by atoms with van der Waals surface area (Å²) in [6, 6.07) is 11.9. The molecule has 2 aromatic rings. The smallest absolute Gasteiger partial charge is 0.266 e. The van der Waals surface area contributed by atoms with Crippen LogP contribution >= 0.6 is 22.6 Å². The second-order valence-corrected chi connectivity index (χ2v) is 6.30. The van der Waals surface area contributed by atoms with Gasteiger partial charge in [0.05, 0.1) is 17.3 Å². The number of ether oxygens (including phenoxy) is 2. The van der Waals surface area contributed by atoms with Gasteiger partial charge >= 0.3 is 0 Å². The number of halogens is 1. The predicted molar refractivity (Wildman–Crippen MR) is 107 cm³/mol. The summed E-state index contributed by atoms with van der Waals surface area (Å²) in [6.45, 7) is 2.19. The predicted octanol–water partition coefficient (Wildman–Crippen LogP) is 3.95. The standard InChI is InChI=1S/C19H17IN2O4/c1-3-26-17-10-12(9-16(20)18(17)23)8-13(11-21)19(24)22-14-4-6-15(25-2)7-5-14/h4-10,23H,3H2,1-2H3,(H,22,24)/b13-8-. The molecule has 0 radical (unpaired) electrons. The van der Waals surface area contributed by atoms with E-state index in [0.29, 0.717) is 32.9 Å². The number of carbonyl (C=O) groups is 1. The molecule has 0 bridgehead atoms. The van der Waals surface area contributed by atoms with Crippen LogP contribution in [0, 0.1) is 14.9 Å². The fourth-order valence-corrected chi connectivity index (χ4v) is 2.76. The monoisotopic (exact) mass is 464 g/mol. The molecule has 7 heteroatoms. The third kappa shape index (κ3) is 4.89. The van der Waals surface area contributed by atoms with Crippen LogP contribution in [0.15, 0.2) is 42.0 Å². The summed E-state index contributed by atoms with van der Waals surface area (Å²) < 4.78 is 11.0. The van der Waals surface area contributed by atoms with Gasteiger partial charge in [-0.3, -0.25) is 4.79 Å². The SMILES string of the molecule is CCOc1cc(/C=C(/C#N)C(=O)Nc2ccc(OC)cc2)cc(I)c1O. The molecule has 0 aliphatic heterocycles. The Labute approximate surface area is 165 Å². The van der Waals surface area contributed by atoms with E-state index in [1.165, 1.54) is 6.08 Å². The van der Waals surface area contributed by atoms with Crippen molar-refractivity contribution in [2.75, 3.05) is 19.0 Å². The third-order valence-electron chi connectivity index (χ3n) is 3.37. The molecule has 1 amide bonds. The molecule has 2 N–H and O–H groups in total. The summed E-state index contributed by atoms with van der Waals surface area (Å²) in [5.41, 5.74) is 1.06. The number of nitrogens with zero attached hydrogens (tertiary/aromatic N) is 1. The number of hydrogen-bond acceptors (Lipinski definition) is 5. The average molecular weight is 464 g/mol. The topological polar surface area (TPSA) is 91.6 Å². The second kappa shape index (κ2) is 9.10. The summed E-state index contributed by atoms with van der Waals surface area (Å²) in [6.07, 6.45) is 1.45. The Balaban J connectivity index is 2.26. The number of nitriles is 1. The molecule has 0 atom stereocenters. The first-order valence-electron chi connectivity index (χ1n) is 7.71. The lowest BCUT2D eigenvalue weighted by molar-refractivity contribution is -0.112. The van der Waals surface area contributed by atoms with Gasteiger partial charge in [0.1, 0.15) is 17.4 Å². The molecule has 0 spiro atoms. The van der Waals surface area contributed by atoms with Crippen molar-refractivity contribution in [2.45, 2.75) is 6.92 Å². The molecular formula is C19H17IN2O4. The van der Waals surface area contributed by atoms with Crippen molar-refractivity contribution in [1.29, 1.82) is 5.26 Å². The van der Waals surface area contributed by atoms with Crippen LogP contribution in [0.25, 0.3) is 6.08 Å². The van der Waals surface area contributed by atoms with Crippen molar-refractivity contribution in [3.63, 3.8) is 0 Å². The van der Waals surface area contributed by atoms with E-state index in [1.54, 1.807) is 50.4 Å². The van der Waals surface area contributed by atoms with Crippen LogP contribution in [-0.4, -0.2) is 24.7 Å². The Morgan fingerprint density at radius 1 is 1.35 bits per heavy atom. The van der Waals surface area contributed by atoms with E-state index < -0.39 is 5.91 Å². The van der Waals surface area contributed by atoms with E-state index in [-0.39, 0.29) is 11.3 Å². The largest absolute Gasteiger partial charge is 0.504 e. The molecule has 6 nitrogen and oxygen atoms in total. The van der Waals surface area contributed by atoms with Gasteiger partial charge in [0.25, 0.3) is 5.91 Å². The molecule has 0 aromatic heterocycles. The maximum absolute atomic E-state index is 12.3. The van der Waals surface area contributed by atoms with E-state index in [9.17, 15) is 15.2 Å². The van der Waals surface area contributed by atoms with Crippen molar-refractivity contribution in [2.24, 2.45) is 0 Å². The second-order valence-electron chi connectivity index (χ2n) is 5.13. The number of anilines is 1. The summed E-state index contributed by atoms with van der Waals surface area (Å²) in [5.74, 6) is 0.476. The quantitative estimate of drug-likeness (QED) is 0.384. The van der Waals surface area contributed by atoms with E-state index in [1.807, 2.05) is 28.7 Å². The number of carbonyl (C=O) groups excluding carboxylic acids is 1. The first kappa shape index (κ1) is 19.6. The van der Waals surface area contributed by atoms with Gasteiger partial charge in [-0.2, -0.15) is 5.26 Å². The molecule has 0 aliphatic carbocycles. The van der Waals surface area contributed by atoms with Crippen LogP contribution in [0.1, 0.15) is 12.5 Å². The van der Waals surface area contributed by atoms with Crippen LogP contribution in [0.3, 0.4) is 0 Å². The summed E-state index contributed by atoms with van der Waals surface area (Å²) in [5, 5.41) is 22.0. The molecule has 2 aromatic carbocycles. The normalized spacial score (nSPS) is 10.8. The number of amides is 1. The Bertz CT molecular complexity index is 870. The lowest BCUT2D eigenvalue weighted by Crippen LogP contribution is -2.13. The van der Waals surface area contributed by atoms with Crippen molar-refractivity contribution >= 4 is 40.3 Å². The number of rotatable bonds is 6. The van der Waals surface area contributed by atoms with Crippen LogP contribution in [0.2, 0.25) is 0 Å². The zero-order valence-electron chi connectivity index (χ0n) is 14.2. The fourth-order valence-electron chi connectivity index (χ4n) is 2.13. The highest BCUT2D eigenvalue weighted by Crippen LogP contribution is 2.33. The van der Waals surface area contributed by atoms with Crippen LogP contribution in [0.5, 0.6) is 17.2 Å². The average Bonchev–Trinajstić information content (AvgIpc) is 2.64. The van der Waals surface area contributed by atoms with Gasteiger partial charge in [-0.25, -0.2) is 0 Å². The van der Waals surface area contributed by atoms with Gasteiger partial charge < -0.3 is 19.9 Å². The van der Waals surface area contributed by atoms with E-state index in [2.05, 4.69) is 5.32 Å². The van der Waals surface area contributed by atoms with Gasteiger partial charge in [0.15, 0.2) is 11.5 Å². The molecular weight excluding hydrogens is 447 g/mol. The Morgan fingerprint density at radius 2 is 2.04 bits per heavy atom. The number of methoxy groups -OCH3 is 1. The Kier molecular flexibility index (Phi) is 6.86. The molecule has 0 unspecified atom stereocenters. The van der Waals surface area contributed by atoms with Gasteiger partial charge in [-0.15, -0.1) is 0 Å². The minimum Gasteiger partial charge on any atom is -0.504 e. The number of benzene rings is 2. The number of hydrogen-bond donors (Lipinski definition) is 2. The highest BCUT2D eigenvalue weighted by atomic mass is 127. The maximum atomic E-state index is 12.3. The first-order chi connectivity index (χ1) is 12.5. The van der Waals surface area contributed by atoms with Crippen molar-refractivity contribution in [3.05, 3.63) is 51.1 Å². The number of phenolic OH excluding ortho intramolecular Hbond substituents is 1. The van der Waals surface area contributed by atoms with Crippen molar-refractivity contribution < 1.29 is 19.4 Å². The minimum absolute atomic E-state index is 0.0331. The lowest BCUT2D eigenvalue weighted by Gasteiger charge is -2.09. The number of aromatic hydroxyl groups is 1. The van der Waals surface area contributed by atoms with Crippen LogP contribution < -0.4 is 14.8 Å². The highest BCUT2D eigenvalue weighted by molar-refractivity contribution is 14.1. The molecule has 134 valence electrons. The number of phenols is 1. The Hall–Kier alpha value is -2.73. The molecule has 0 fully saturated rings. The van der Waals surface area contributed by atoms with Gasteiger partial charge in [0, 0.05) is 5.69 Å². The Morgan fingerprint density at radius 3 is 2.62 bits per heavy atom.